The van der Waals surface area contributed by atoms with E-state index >= 15 is 0 Å². The van der Waals surface area contributed by atoms with Crippen molar-refractivity contribution < 1.29 is 28.7 Å². The Balaban J connectivity index is 1.36. The van der Waals surface area contributed by atoms with E-state index in [2.05, 4.69) is 0 Å². The number of rotatable bonds is 7. The van der Waals surface area contributed by atoms with E-state index in [1.54, 1.807) is 24.3 Å². The van der Waals surface area contributed by atoms with E-state index in [-0.39, 0.29) is 16.9 Å². The average Bonchev–Trinajstić information content (AvgIpc) is 3.22. The molecule has 1 saturated heterocycles. The topological polar surface area (TPSA) is 101 Å². The molecule has 0 unspecified atom stereocenters. The van der Waals surface area contributed by atoms with Gasteiger partial charge in [0.2, 0.25) is 0 Å². The number of carbonyl (C=O) groups is 5. The highest BCUT2D eigenvalue weighted by atomic mass is 35.5. The van der Waals surface area contributed by atoms with Crippen LogP contribution in [0.15, 0.2) is 84.9 Å². The zero-order valence-corrected chi connectivity index (χ0v) is 22.3. The molecule has 8 nitrogen and oxygen atoms in total. The van der Waals surface area contributed by atoms with Gasteiger partial charge in [-0.2, -0.15) is 5.01 Å². The van der Waals surface area contributed by atoms with Crippen LogP contribution in [0.4, 0.5) is 0 Å². The highest BCUT2D eigenvalue weighted by molar-refractivity contribution is 6.30. The number of ketones is 1. The molecule has 3 aromatic rings. The van der Waals surface area contributed by atoms with Crippen molar-refractivity contribution in [2.45, 2.75) is 19.8 Å². The molecule has 0 saturated carbocycles. The van der Waals surface area contributed by atoms with Crippen molar-refractivity contribution >= 4 is 41.1 Å². The van der Waals surface area contributed by atoms with Crippen molar-refractivity contribution in [1.29, 1.82) is 0 Å². The number of benzene rings is 3. The molecular formula is C31H25ClN2O6. The average molecular weight is 557 g/mol. The van der Waals surface area contributed by atoms with Crippen molar-refractivity contribution in [1.82, 2.24) is 10.0 Å². The van der Waals surface area contributed by atoms with Crippen molar-refractivity contribution in [3.8, 4) is 5.75 Å². The first-order valence-corrected chi connectivity index (χ1v) is 13.1. The fraction of sp³-hybridized carbons (Fsp3) is 0.194. The van der Waals surface area contributed by atoms with Crippen LogP contribution in [0.25, 0.3) is 0 Å². The number of imide groups is 1. The van der Waals surface area contributed by atoms with Gasteiger partial charge >= 0.3 is 5.97 Å². The van der Waals surface area contributed by atoms with Gasteiger partial charge in [-0.3, -0.25) is 19.2 Å². The molecule has 3 aromatic carbocycles. The Hall–Kier alpha value is -4.56. The number of esters is 1. The van der Waals surface area contributed by atoms with Gasteiger partial charge in [-0.25, -0.2) is 9.80 Å². The van der Waals surface area contributed by atoms with Crippen LogP contribution in [0, 0.1) is 18.8 Å². The Morgan fingerprint density at radius 2 is 1.32 bits per heavy atom. The number of carbonyl (C=O) groups excluding carboxylic acids is 5. The molecule has 0 spiro atoms. The molecule has 0 aromatic heterocycles. The van der Waals surface area contributed by atoms with Gasteiger partial charge in [0.25, 0.3) is 17.7 Å². The first-order chi connectivity index (χ1) is 19.2. The Labute approximate surface area is 235 Å². The van der Waals surface area contributed by atoms with Crippen LogP contribution >= 0.6 is 11.6 Å². The summed E-state index contributed by atoms with van der Waals surface area (Å²) in [6.45, 7) is 1.36. The second kappa shape index (κ2) is 11.3. The maximum Gasteiger partial charge on any atom is 0.343 e. The molecule has 1 aliphatic carbocycles. The lowest BCUT2D eigenvalue weighted by molar-refractivity contribution is -0.154. The predicted molar refractivity (Wildman–Crippen MR) is 147 cm³/mol. The summed E-state index contributed by atoms with van der Waals surface area (Å²) < 4.78 is 5.40. The van der Waals surface area contributed by atoms with Gasteiger partial charge in [-0.05, 0) is 80.4 Å². The summed E-state index contributed by atoms with van der Waals surface area (Å²) in [6, 6.07) is 18.8. The highest BCUT2D eigenvalue weighted by Gasteiger charge is 2.51. The Kier molecular flexibility index (Phi) is 7.62. The highest BCUT2D eigenvalue weighted by Crippen LogP contribution is 2.36. The Morgan fingerprint density at radius 1 is 0.800 bits per heavy atom. The van der Waals surface area contributed by atoms with E-state index in [9.17, 15) is 24.0 Å². The maximum absolute atomic E-state index is 13.5. The van der Waals surface area contributed by atoms with E-state index < -0.39 is 47.9 Å². The molecule has 40 heavy (non-hydrogen) atoms. The molecule has 0 N–H and O–H groups in total. The van der Waals surface area contributed by atoms with Gasteiger partial charge in [-0.1, -0.05) is 41.4 Å². The number of hydrogen-bond acceptors (Lipinski definition) is 6. The number of hydrazine groups is 1. The molecule has 2 aliphatic rings. The lowest BCUT2D eigenvalue weighted by Crippen LogP contribution is -2.52. The number of aryl methyl sites for hydroxylation is 1. The molecule has 5 rings (SSSR count). The van der Waals surface area contributed by atoms with Crippen LogP contribution in [0.3, 0.4) is 0 Å². The largest absolute Gasteiger partial charge is 0.423 e. The summed E-state index contributed by atoms with van der Waals surface area (Å²) >= 11 is 5.97. The number of fused-ring (bicyclic) bond motifs is 1. The molecule has 2 atom stereocenters. The lowest BCUT2D eigenvalue weighted by atomic mass is 9.85. The fourth-order valence-electron chi connectivity index (χ4n) is 4.79. The first kappa shape index (κ1) is 27.0. The molecule has 9 heteroatoms. The normalized spacial score (nSPS) is 17.9. The van der Waals surface area contributed by atoms with E-state index in [4.69, 9.17) is 16.3 Å². The summed E-state index contributed by atoms with van der Waals surface area (Å²) in [5, 5.41) is 2.15. The lowest BCUT2D eigenvalue weighted by Gasteiger charge is -2.30. The molecular weight excluding hydrogens is 532 g/mol. The van der Waals surface area contributed by atoms with Crippen molar-refractivity contribution in [3.63, 3.8) is 0 Å². The maximum atomic E-state index is 13.5. The van der Waals surface area contributed by atoms with Crippen LogP contribution in [0.5, 0.6) is 5.75 Å². The van der Waals surface area contributed by atoms with Gasteiger partial charge < -0.3 is 4.74 Å². The summed E-state index contributed by atoms with van der Waals surface area (Å²) in [4.78, 5) is 65.9. The van der Waals surface area contributed by atoms with Crippen molar-refractivity contribution in [2.24, 2.45) is 11.8 Å². The molecule has 1 fully saturated rings. The molecule has 0 bridgehead atoms. The molecule has 1 heterocycles. The summed E-state index contributed by atoms with van der Waals surface area (Å²) in [7, 11) is 0. The molecule has 1 aliphatic heterocycles. The molecule has 3 amide bonds. The quantitative estimate of drug-likeness (QED) is 0.133. The summed E-state index contributed by atoms with van der Waals surface area (Å²) in [6.07, 6.45) is 4.48. The zero-order valence-electron chi connectivity index (χ0n) is 21.6. The Bertz CT molecular complexity index is 1490. The van der Waals surface area contributed by atoms with Crippen LogP contribution in [-0.4, -0.2) is 46.0 Å². The van der Waals surface area contributed by atoms with E-state index in [1.165, 1.54) is 48.5 Å². The van der Waals surface area contributed by atoms with Crippen LogP contribution < -0.4 is 4.74 Å². The third-order valence-corrected chi connectivity index (χ3v) is 7.27. The SMILES string of the molecule is Cc1ccc(C(=O)Oc2ccc(C(=O)CN(C(=O)c3ccc(Cl)cc3)N3C(=O)[C@H]4CC=CC[C@H]4C3=O)cc2)cc1. The number of nitrogens with zero attached hydrogens (tertiary/aromatic N) is 2. The van der Waals surface area contributed by atoms with E-state index in [0.717, 1.165) is 15.6 Å². The van der Waals surface area contributed by atoms with E-state index in [0.29, 0.717) is 23.4 Å². The van der Waals surface area contributed by atoms with Crippen LogP contribution in [-0.2, 0) is 9.59 Å². The number of hydrogen-bond donors (Lipinski definition) is 0. The zero-order chi connectivity index (χ0) is 28.4. The van der Waals surface area contributed by atoms with Gasteiger partial charge in [0.05, 0.1) is 17.4 Å². The number of ether oxygens (including phenoxy) is 1. The number of allylic oxidation sites excluding steroid dienone is 2. The van der Waals surface area contributed by atoms with Gasteiger partial charge in [0, 0.05) is 16.1 Å². The summed E-state index contributed by atoms with van der Waals surface area (Å²) in [5.41, 5.74) is 1.78. The van der Waals surface area contributed by atoms with Crippen molar-refractivity contribution in [2.75, 3.05) is 6.54 Å². The van der Waals surface area contributed by atoms with Gasteiger partial charge in [-0.15, -0.1) is 0 Å². The minimum Gasteiger partial charge on any atom is -0.423 e. The first-order valence-electron chi connectivity index (χ1n) is 12.7. The number of halogens is 1. The minimum absolute atomic E-state index is 0.171. The molecule has 202 valence electrons. The third kappa shape index (κ3) is 5.44. The monoisotopic (exact) mass is 556 g/mol. The van der Waals surface area contributed by atoms with Crippen molar-refractivity contribution in [3.05, 3.63) is 112 Å². The third-order valence-electron chi connectivity index (χ3n) is 7.02. The predicted octanol–water partition coefficient (Wildman–Crippen LogP) is 5.06. The Morgan fingerprint density at radius 3 is 1.90 bits per heavy atom. The van der Waals surface area contributed by atoms with Crippen LogP contribution in [0.1, 0.15) is 49.5 Å². The van der Waals surface area contributed by atoms with Crippen LogP contribution in [0.2, 0.25) is 5.02 Å². The minimum atomic E-state index is -0.679. The van der Waals surface area contributed by atoms with E-state index in [1.807, 2.05) is 19.1 Å². The second-order valence-electron chi connectivity index (χ2n) is 9.72. The van der Waals surface area contributed by atoms with Gasteiger partial charge in [0.1, 0.15) is 12.3 Å². The second-order valence-corrected chi connectivity index (χ2v) is 10.2. The number of Topliss-reactive ketones (excluding diaryl/α,β-unsaturated/α-hetero) is 1. The van der Waals surface area contributed by atoms with Gasteiger partial charge in [0.15, 0.2) is 5.78 Å². The molecule has 0 radical (unpaired) electrons. The summed E-state index contributed by atoms with van der Waals surface area (Å²) in [5.74, 6) is -3.65. The standard InChI is InChI=1S/C31H25ClN2O6/c1-19-6-8-22(9-7-19)31(39)40-24-16-12-20(13-17-24)27(35)18-33(28(36)21-10-14-23(32)15-11-21)34-29(37)25-4-2-3-5-26(25)30(34)38/h2-3,6-17,25-26H,4-5,18H2,1H3/t25-,26+. The number of amides is 3. The smallest absolute Gasteiger partial charge is 0.343 e. The fourth-order valence-corrected chi connectivity index (χ4v) is 4.91.